The van der Waals surface area contributed by atoms with Gasteiger partial charge in [-0.15, -0.1) is 0 Å². The number of fused-ring (bicyclic) bond motifs is 1. The van der Waals surface area contributed by atoms with Crippen molar-refractivity contribution in [3.63, 3.8) is 0 Å². The van der Waals surface area contributed by atoms with Crippen molar-refractivity contribution in [1.29, 1.82) is 0 Å². The average Bonchev–Trinajstić information content (AvgIpc) is 2.73. The molecule has 2 aromatic rings. The first-order valence-electron chi connectivity index (χ1n) is 5.59. The molecule has 1 aromatic heterocycles. The Hall–Kier alpha value is -0.620. The smallest absolute Gasteiger partial charge is 0.198 e. The summed E-state index contributed by atoms with van der Waals surface area (Å²) in [6, 6.07) is 7.99. The number of hydrogen-bond acceptors (Lipinski definition) is 3. The van der Waals surface area contributed by atoms with Gasteiger partial charge in [-0.25, -0.2) is 8.10 Å². The van der Waals surface area contributed by atoms with Crippen LogP contribution in [0.4, 0.5) is 0 Å². The highest BCUT2D eigenvalue weighted by molar-refractivity contribution is 14.1. The Labute approximate surface area is 108 Å². The molecule has 4 heteroatoms. The van der Waals surface area contributed by atoms with Crippen LogP contribution < -0.4 is 0 Å². The predicted octanol–water partition coefficient (Wildman–Crippen LogP) is 3.36. The number of rotatable bonds is 1. The maximum atomic E-state index is 5.81. The molecular formula is C12H13IN2O. The third kappa shape index (κ3) is 1.96. The van der Waals surface area contributed by atoms with Crippen molar-refractivity contribution >= 4 is 34.0 Å². The van der Waals surface area contributed by atoms with Crippen molar-refractivity contribution < 1.29 is 4.42 Å². The summed E-state index contributed by atoms with van der Waals surface area (Å²) < 4.78 is 8.14. The minimum Gasteiger partial charge on any atom is -0.440 e. The summed E-state index contributed by atoms with van der Waals surface area (Å²) in [5.74, 6) is 1.42. The molecule has 16 heavy (non-hydrogen) atoms. The number of benzene rings is 1. The fraction of sp³-hybridized carbons (Fsp3) is 0.417. The van der Waals surface area contributed by atoms with Crippen LogP contribution in [0.5, 0.6) is 0 Å². The van der Waals surface area contributed by atoms with Crippen LogP contribution in [0.1, 0.15) is 24.7 Å². The second-order valence-corrected chi connectivity index (χ2v) is 5.57. The van der Waals surface area contributed by atoms with Crippen molar-refractivity contribution in [2.45, 2.75) is 18.8 Å². The Bertz CT molecular complexity index is 455. The van der Waals surface area contributed by atoms with Crippen molar-refractivity contribution in [3.05, 3.63) is 30.2 Å². The van der Waals surface area contributed by atoms with E-state index in [0.717, 1.165) is 42.9 Å². The lowest BCUT2D eigenvalue weighted by Gasteiger charge is -2.25. The summed E-state index contributed by atoms with van der Waals surface area (Å²) in [6.07, 6.45) is 2.30. The molecule has 0 saturated carbocycles. The average molecular weight is 328 g/mol. The van der Waals surface area contributed by atoms with Gasteiger partial charge in [0.2, 0.25) is 0 Å². The molecular weight excluding hydrogens is 315 g/mol. The first kappa shape index (κ1) is 10.5. The van der Waals surface area contributed by atoms with E-state index in [0.29, 0.717) is 5.92 Å². The van der Waals surface area contributed by atoms with Gasteiger partial charge < -0.3 is 4.42 Å². The van der Waals surface area contributed by atoms with Gasteiger partial charge in [-0.2, -0.15) is 0 Å². The van der Waals surface area contributed by atoms with Gasteiger partial charge >= 0.3 is 0 Å². The first-order valence-corrected chi connectivity index (χ1v) is 6.55. The Morgan fingerprint density at radius 2 is 2.00 bits per heavy atom. The Morgan fingerprint density at radius 1 is 1.25 bits per heavy atom. The number of hydrogen-bond donors (Lipinski definition) is 0. The molecule has 1 saturated heterocycles. The van der Waals surface area contributed by atoms with Crippen LogP contribution in [0.3, 0.4) is 0 Å². The van der Waals surface area contributed by atoms with Gasteiger partial charge in [0.15, 0.2) is 11.5 Å². The van der Waals surface area contributed by atoms with E-state index in [-0.39, 0.29) is 0 Å². The van der Waals surface area contributed by atoms with Crippen LogP contribution in [-0.4, -0.2) is 21.2 Å². The molecule has 1 aliphatic heterocycles. The topological polar surface area (TPSA) is 29.3 Å². The number of halogens is 1. The first-order chi connectivity index (χ1) is 7.83. The van der Waals surface area contributed by atoms with Gasteiger partial charge in [0.1, 0.15) is 5.52 Å². The van der Waals surface area contributed by atoms with Crippen LogP contribution in [0, 0.1) is 0 Å². The molecule has 0 unspecified atom stereocenters. The number of piperidine rings is 1. The summed E-state index contributed by atoms with van der Waals surface area (Å²) in [7, 11) is 0. The largest absolute Gasteiger partial charge is 0.440 e. The van der Waals surface area contributed by atoms with Crippen LogP contribution in [-0.2, 0) is 0 Å². The van der Waals surface area contributed by atoms with E-state index in [9.17, 15) is 0 Å². The number of oxazole rings is 1. The molecule has 84 valence electrons. The lowest BCUT2D eigenvalue weighted by atomic mass is 9.98. The predicted molar refractivity (Wildman–Crippen MR) is 71.6 cm³/mol. The van der Waals surface area contributed by atoms with Gasteiger partial charge in [-0.05, 0) is 25.0 Å². The van der Waals surface area contributed by atoms with Crippen molar-refractivity contribution in [1.82, 2.24) is 8.10 Å². The highest BCUT2D eigenvalue weighted by Gasteiger charge is 2.23. The molecule has 0 bridgehead atoms. The molecule has 0 N–H and O–H groups in total. The number of nitrogens with zero attached hydrogens (tertiary/aromatic N) is 2. The van der Waals surface area contributed by atoms with E-state index in [1.54, 1.807) is 0 Å². The van der Waals surface area contributed by atoms with Gasteiger partial charge in [-0.1, -0.05) is 12.1 Å². The molecule has 3 nitrogen and oxygen atoms in total. The molecule has 1 fully saturated rings. The monoisotopic (exact) mass is 328 g/mol. The lowest BCUT2D eigenvalue weighted by Crippen LogP contribution is -2.24. The van der Waals surface area contributed by atoms with E-state index in [1.165, 1.54) is 0 Å². The van der Waals surface area contributed by atoms with Crippen molar-refractivity contribution in [2.24, 2.45) is 0 Å². The van der Waals surface area contributed by atoms with E-state index in [2.05, 4.69) is 31.0 Å². The number of para-hydroxylation sites is 2. The van der Waals surface area contributed by atoms with Crippen molar-refractivity contribution in [3.8, 4) is 0 Å². The quantitative estimate of drug-likeness (QED) is 0.594. The molecule has 0 amide bonds. The molecule has 0 aliphatic carbocycles. The third-order valence-corrected chi connectivity index (χ3v) is 4.06. The summed E-state index contributed by atoms with van der Waals surface area (Å²) >= 11 is 2.38. The SMILES string of the molecule is IN1CCC(c2nc3ccccc3o2)CC1. The van der Waals surface area contributed by atoms with Gasteiger partial charge in [-0.3, -0.25) is 0 Å². The molecule has 2 heterocycles. The fourth-order valence-electron chi connectivity index (χ4n) is 2.16. The number of aromatic nitrogens is 1. The zero-order chi connectivity index (χ0) is 11.0. The zero-order valence-electron chi connectivity index (χ0n) is 8.90. The second-order valence-electron chi connectivity index (χ2n) is 4.20. The molecule has 1 aromatic carbocycles. The molecule has 3 rings (SSSR count). The lowest BCUT2D eigenvalue weighted by molar-refractivity contribution is 0.329. The van der Waals surface area contributed by atoms with Crippen LogP contribution in [0.15, 0.2) is 28.7 Å². The molecule has 1 aliphatic rings. The maximum Gasteiger partial charge on any atom is 0.198 e. The summed E-state index contributed by atoms with van der Waals surface area (Å²) in [5.41, 5.74) is 1.89. The molecule has 0 spiro atoms. The fourth-order valence-corrected chi connectivity index (χ4v) is 2.72. The summed E-state index contributed by atoms with van der Waals surface area (Å²) in [4.78, 5) is 4.57. The summed E-state index contributed by atoms with van der Waals surface area (Å²) in [6.45, 7) is 2.26. The standard InChI is InChI=1S/C12H13IN2O/c13-15-7-5-9(6-8-15)12-14-10-3-1-2-4-11(10)16-12/h1-4,9H,5-8H2. The summed E-state index contributed by atoms with van der Waals surface area (Å²) in [5, 5.41) is 0. The zero-order valence-corrected chi connectivity index (χ0v) is 11.1. The van der Waals surface area contributed by atoms with E-state index >= 15 is 0 Å². The Kier molecular flexibility index (Phi) is 2.85. The van der Waals surface area contributed by atoms with Crippen LogP contribution >= 0.6 is 22.9 Å². The maximum absolute atomic E-state index is 5.81. The van der Waals surface area contributed by atoms with Gasteiger partial charge in [0.25, 0.3) is 0 Å². The normalized spacial score (nSPS) is 19.3. The van der Waals surface area contributed by atoms with Crippen LogP contribution in [0.25, 0.3) is 11.1 Å². The van der Waals surface area contributed by atoms with E-state index in [1.807, 2.05) is 24.3 Å². The van der Waals surface area contributed by atoms with Crippen molar-refractivity contribution in [2.75, 3.05) is 13.1 Å². The Balaban J connectivity index is 1.88. The third-order valence-electron chi connectivity index (χ3n) is 3.10. The highest BCUT2D eigenvalue weighted by atomic mass is 127. The molecule has 0 atom stereocenters. The van der Waals surface area contributed by atoms with Gasteiger partial charge in [0, 0.05) is 41.9 Å². The van der Waals surface area contributed by atoms with Gasteiger partial charge in [0.05, 0.1) is 0 Å². The minimum absolute atomic E-state index is 0.499. The molecule has 0 radical (unpaired) electrons. The minimum atomic E-state index is 0.499. The highest BCUT2D eigenvalue weighted by Crippen LogP contribution is 2.30. The second kappa shape index (κ2) is 4.33. The van der Waals surface area contributed by atoms with E-state index in [4.69, 9.17) is 4.42 Å². The van der Waals surface area contributed by atoms with E-state index < -0.39 is 0 Å². The Morgan fingerprint density at radius 3 is 2.75 bits per heavy atom. The van der Waals surface area contributed by atoms with Crippen LogP contribution in [0.2, 0.25) is 0 Å².